The molecule has 3 nitrogen and oxygen atoms in total. The zero-order chi connectivity index (χ0) is 13.7. The summed E-state index contributed by atoms with van der Waals surface area (Å²) in [7, 11) is 0. The van der Waals surface area contributed by atoms with Crippen LogP contribution in [-0.2, 0) is 11.3 Å². The lowest BCUT2D eigenvalue weighted by molar-refractivity contribution is -0.121. The molecule has 2 N–H and O–H groups in total. The van der Waals surface area contributed by atoms with E-state index in [0.717, 1.165) is 31.5 Å². The Kier molecular flexibility index (Phi) is 7.27. The Balaban J connectivity index is 0.00000200. The van der Waals surface area contributed by atoms with Crippen LogP contribution in [0.1, 0.15) is 24.8 Å². The molecule has 2 rings (SSSR count). The molecule has 1 aromatic rings. The summed E-state index contributed by atoms with van der Waals surface area (Å²) >= 11 is 5.68. The van der Waals surface area contributed by atoms with E-state index in [-0.39, 0.29) is 23.3 Å². The van der Waals surface area contributed by atoms with Crippen molar-refractivity contribution in [3.05, 3.63) is 34.6 Å². The third kappa shape index (κ3) is 5.27. The molecule has 1 amide bonds. The summed E-state index contributed by atoms with van der Waals surface area (Å²) in [5, 5.41) is 6.20. The highest BCUT2D eigenvalue weighted by Crippen LogP contribution is 2.16. The number of benzene rings is 1. The average molecular weight is 321 g/mol. The topological polar surface area (TPSA) is 41.1 Å². The van der Waals surface area contributed by atoms with Crippen LogP contribution in [0.25, 0.3) is 0 Å². The molecule has 1 aliphatic heterocycles. The predicted octanol–water partition coefficient (Wildman–Crippen LogP) is 2.91. The summed E-state index contributed by atoms with van der Waals surface area (Å²) in [6.45, 7) is 2.46. The van der Waals surface area contributed by atoms with Crippen molar-refractivity contribution in [2.45, 2.75) is 25.8 Å². The second-order valence-corrected chi connectivity index (χ2v) is 5.33. The summed E-state index contributed by atoms with van der Waals surface area (Å²) in [6.07, 6.45) is 2.62. The van der Waals surface area contributed by atoms with Crippen LogP contribution in [0.2, 0.25) is 5.02 Å². The summed E-state index contributed by atoms with van der Waals surface area (Å²) in [4.78, 5) is 11.7. The van der Waals surface area contributed by atoms with E-state index in [2.05, 4.69) is 10.6 Å². The van der Waals surface area contributed by atoms with Gasteiger partial charge in [-0.1, -0.05) is 17.7 Å². The number of halogens is 3. The quantitative estimate of drug-likeness (QED) is 0.875. The van der Waals surface area contributed by atoms with Crippen molar-refractivity contribution in [2.75, 3.05) is 13.1 Å². The van der Waals surface area contributed by atoms with Gasteiger partial charge in [0, 0.05) is 13.0 Å². The van der Waals surface area contributed by atoms with Crippen LogP contribution in [0.5, 0.6) is 0 Å². The highest BCUT2D eigenvalue weighted by atomic mass is 35.5. The standard InChI is InChI=1S/C14H18ClFN2O.ClH/c15-12-7-11(1-3-13(12)16)9-18-14(19)4-2-10-5-6-17-8-10;/h1,3,7,10,17H,2,4-6,8-9H2,(H,18,19);1H. The van der Waals surface area contributed by atoms with Gasteiger partial charge in [0.2, 0.25) is 5.91 Å². The molecule has 1 saturated heterocycles. The minimum Gasteiger partial charge on any atom is -0.352 e. The molecular weight excluding hydrogens is 302 g/mol. The van der Waals surface area contributed by atoms with E-state index < -0.39 is 5.82 Å². The maximum atomic E-state index is 13.0. The zero-order valence-corrected chi connectivity index (χ0v) is 12.7. The second-order valence-electron chi connectivity index (χ2n) is 4.92. The van der Waals surface area contributed by atoms with Gasteiger partial charge in [0.15, 0.2) is 0 Å². The number of rotatable bonds is 5. The molecule has 1 heterocycles. The summed E-state index contributed by atoms with van der Waals surface area (Å²) < 4.78 is 13.0. The Morgan fingerprint density at radius 3 is 2.95 bits per heavy atom. The van der Waals surface area contributed by atoms with Gasteiger partial charge in [-0.05, 0) is 49.5 Å². The van der Waals surface area contributed by atoms with E-state index >= 15 is 0 Å². The smallest absolute Gasteiger partial charge is 0.220 e. The molecule has 0 bridgehead atoms. The van der Waals surface area contributed by atoms with Crippen molar-refractivity contribution in [3.8, 4) is 0 Å². The van der Waals surface area contributed by atoms with Gasteiger partial charge >= 0.3 is 0 Å². The molecule has 1 aliphatic rings. The fraction of sp³-hybridized carbons (Fsp3) is 0.500. The molecule has 0 spiro atoms. The van der Waals surface area contributed by atoms with E-state index in [1.54, 1.807) is 6.07 Å². The second kappa shape index (κ2) is 8.45. The molecule has 0 aliphatic carbocycles. The predicted molar refractivity (Wildman–Crippen MR) is 80.7 cm³/mol. The number of hydrogen-bond donors (Lipinski definition) is 2. The Morgan fingerprint density at radius 1 is 1.50 bits per heavy atom. The fourth-order valence-electron chi connectivity index (χ4n) is 2.23. The Morgan fingerprint density at radius 2 is 2.30 bits per heavy atom. The molecule has 1 fully saturated rings. The lowest BCUT2D eigenvalue weighted by Crippen LogP contribution is -2.23. The highest BCUT2D eigenvalue weighted by molar-refractivity contribution is 6.30. The lowest BCUT2D eigenvalue weighted by Gasteiger charge is -2.09. The van der Waals surface area contributed by atoms with E-state index in [0.29, 0.717) is 18.9 Å². The number of nitrogens with one attached hydrogen (secondary N) is 2. The largest absolute Gasteiger partial charge is 0.352 e. The maximum Gasteiger partial charge on any atom is 0.220 e. The molecular formula is C14H19Cl2FN2O. The molecule has 112 valence electrons. The molecule has 1 aromatic carbocycles. The molecule has 1 unspecified atom stereocenters. The van der Waals surface area contributed by atoms with E-state index in [9.17, 15) is 9.18 Å². The van der Waals surface area contributed by atoms with Gasteiger partial charge in [-0.15, -0.1) is 12.4 Å². The Labute approximate surface area is 129 Å². The summed E-state index contributed by atoms with van der Waals surface area (Å²) in [5.74, 6) is 0.212. The summed E-state index contributed by atoms with van der Waals surface area (Å²) in [6, 6.07) is 4.48. The van der Waals surface area contributed by atoms with E-state index in [4.69, 9.17) is 11.6 Å². The average Bonchev–Trinajstić information content (AvgIpc) is 2.91. The molecule has 6 heteroatoms. The van der Waals surface area contributed by atoms with Gasteiger partial charge in [0.05, 0.1) is 5.02 Å². The normalized spacial score (nSPS) is 17.6. The van der Waals surface area contributed by atoms with Gasteiger partial charge in [-0.3, -0.25) is 4.79 Å². The molecule has 1 atom stereocenters. The van der Waals surface area contributed by atoms with Gasteiger partial charge in [-0.25, -0.2) is 4.39 Å². The zero-order valence-electron chi connectivity index (χ0n) is 11.1. The number of carbonyl (C=O) groups is 1. The number of carbonyl (C=O) groups excluding carboxylic acids is 1. The number of amides is 1. The first-order valence-electron chi connectivity index (χ1n) is 6.56. The van der Waals surface area contributed by atoms with Crippen LogP contribution >= 0.6 is 24.0 Å². The van der Waals surface area contributed by atoms with Crippen LogP contribution < -0.4 is 10.6 Å². The van der Waals surface area contributed by atoms with Crippen molar-refractivity contribution >= 4 is 29.9 Å². The minimum atomic E-state index is -0.439. The SMILES string of the molecule is Cl.O=C(CCC1CCNC1)NCc1ccc(F)c(Cl)c1. The van der Waals surface area contributed by atoms with Crippen molar-refractivity contribution < 1.29 is 9.18 Å². The first-order valence-corrected chi connectivity index (χ1v) is 6.94. The summed E-state index contributed by atoms with van der Waals surface area (Å²) in [5.41, 5.74) is 0.808. The maximum absolute atomic E-state index is 13.0. The third-order valence-corrected chi connectivity index (χ3v) is 3.71. The van der Waals surface area contributed by atoms with Crippen LogP contribution in [0.3, 0.4) is 0 Å². The fourth-order valence-corrected chi connectivity index (χ4v) is 2.44. The number of hydrogen-bond acceptors (Lipinski definition) is 2. The third-order valence-electron chi connectivity index (χ3n) is 3.42. The Hall–Kier alpha value is -0.840. The van der Waals surface area contributed by atoms with Gasteiger partial charge in [-0.2, -0.15) is 0 Å². The molecule has 0 saturated carbocycles. The van der Waals surface area contributed by atoms with Crippen molar-refractivity contribution in [3.63, 3.8) is 0 Å². The van der Waals surface area contributed by atoms with Gasteiger partial charge in [0.25, 0.3) is 0 Å². The minimum absolute atomic E-state index is 0. The van der Waals surface area contributed by atoms with E-state index in [1.165, 1.54) is 12.1 Å². The first-order chi connectivity index (χ1) is 9.15. The molecule has 0 radical (unpaired) electrons. The van der Waals surface area contributed by atoms with Crippen molar-refractivity contribution in [1.82, 2.24) is 10.6 Å². The van der Waals surface area contributed by atoms with Crippen molar-refractivity contribution in [2.24, 2.45) is 5.92 Å². The first kappa shape index (κ1) is 17.2. The monoisotopic (exact) mass is 320 g/mol. The van der Waals surface area contributed by atoms with Crippen LogP contribution in [0.15, 0.2) is 18.2 Å². The van der Waals surface area contributed by atoms with Gasteiger partial charge in [0.1, 0.15) is 5.82 Å². The molecule has 0 aromatic heterocycles. The molecule has 20 heavy (non-hydrogen) atoms. The lowest BCUT2D eigenvalue weighted by atomic mass is 10.0. The van der Waals surface area contributed by atoms with Crippen molar-refractivity contribution in [1.29, 1.82) is 0 Å². The van der Waals surface area contributed by atoms with Crippen LogP contribution in [0, 0.1) is 11.7 Å². The van der Waals surface area contributed by atoms with E-state index in [1.807, 2.05) is 0 Å². The Bertz CT molecular complexity index is 451. The van der Waals surface area contributed by atoms with Crippen LogP contribution in [-0.4, -0.2) is 19.0 Å². The highest BCUT2D eigenvalue weighted by Gasteiger charge is 2.15. The van der Waals surface area contributed by atoms with Crippen LogP contribution in [0.4, 0.5) is 4.39 Å². The van der Waals surface area contributed by atoms with Gasteiger partial charge < -0.3 is 10.6 Å².